The second kappa shape index (κ2) is 6.60. The van der Waals surface area contributed by atoms with Gasteiger partial charge in [-0.2, -0.15) is 0 Å². The molecule has 0 aromatic heterocycles. The number of benzene rings is 2. The summed E-state index contributed by atoms with van der Waals surface area (Å²) < 4.78 is 0. The molecule has 2 aromatic rings. The summed E-state index contributed by atoms with van der Waals surface area (Å²) >= 11 is 6.30. The molecule has 0 fully saturated rings. The summed E-state index contributed by atoms with van der Waals surface area (Å²) in [5.41, 5.74) is 3.02. The van der Waals surface area contributed by atoms with Gasteiger partial charge in [-0.1, -0.05) is 54.1 Å². The maximum atomic E-state index is 9.47. The number of para-hydroxylation sites is 1. The van der Waals surface area contributed by atoms with Gasteiger partial charge in [0.15, 0.2) is 0 Å². The summed E-state index contributed by atoms with van der Waals surface area (Å²) in [4.78, 5) is 2.18. The molecule has 100 valence electrons. The molecule has 0 aliphatic heterocycles. The molecule has 2 rings (SSSR count). The number of nitrogens with zero attached hydrogens (tertiary/aromatic N) is 1. The highest BCUT2D eigenvalue weighted by Gasteiger charge is 2.13. The fourth-order valence-corrected chi connectivity index (χ4v) is 2.51. The van der Waals surface area contributed by atoms with Gasteiger partial charge >= 0.3 is 0 Å². The van der Waals surface area contributed by atoms with Crippen LogP contribution < -0.4 is 4.90 Å². The SMILES string of the molecule is CCN(Cc1ccccc1)c1c(Cl)cccc1CO. The average Bonchev–Trinajstić information content (AvgIpc) is 2.46. The molecule has 0 saturated carbocycles. The van der Waals surface area contributed by atoms with Gasteiger partial charge in [0.1, 0.15) is 0 Å². The van der Waals surface area contributed by atoms with Crippen LogP contribution in [0.25, 0.3) is 0 Å². The number of hydrogen-bond acceptors (Lipinski definition) is 2. The first-order chi connectivity index (χ1) is 9.26. The van der Waals surface area contributed by atoms with E-state index >= 15 is 0 Å². The van der Waals surface area contributed by atoms with Crippen LogP contribution in [0.4, 0.5) is 5.69 Å². The van der Waals surface area contributed by atoms with Gasteiger partial charge < -0.3 is 10.0 Å². The van der Waals surface area contributed by atoms with Crippen LogP contribution in [-0.2, 0) is 13.2 Å². The zero-order valence-corrected chi connectivity index (χ0v) is 11.8. The van der Waals surface area contributed by atoms with Gasteiger partial charge in [0.25, 0.3) is 0 Å². The normalized spacial score (nSPS) is 10.5. The third-order valence-corrected chi connectivity index (χ3v) is 3.46. The maximum Gasteiger partial charge on any atom is 0.0702 e. The molecule has 0 amide bonds. The van der Waals surface area contributed by atoms with Crippen LogP contribution in [-0.4, -0.2) is 11.7 Å². The van der Waals surface area contributed by atoms with E-state index in [4.69, 9.17) is 11.6 Å². The minimum absolute atomic E-state index is 0.00117. The van der Waals surface area contributed by atoms with Crippen molar-refractivity contribution in [1.82, 2.24) is 0 Å². The molecule has 0 heterocycles. The standard InChI is InChI=1S/C16H18ClNO/c1-2-18(11-13-7-4-3-5-8-13)16-14(12-19)9-6-10-15(16)17/h3-10,19H,2,11-12H2,1H3. The average molecular weight is 276 g/mol. The van der Waals surface area contributed by atoms with E-state index in [-0.39, 0.29) is 6.61 Å². The molecule has 0 aliphatic carbocycles. The molecule has 3 heteroatoms. The van der Waals surface area contributed by atoms with Crippen molar-refractivity contribution in [3.63, 3.8) is 0 Å². The first-order valence-corrected chi connectivity index (χ1v) is 6.81. The fourth-order valence-electron chi connectivity index (χ4n) is 2.19. The molecule has 0 atom stereocenters. The van der Waals surface area contributed by atoms with E-state index in [1.54, 1.807) is 0 Å². The predicted octanol–water partition coefficient (Wildman–Crippen LogP) is 3.86. The van der Waals surface area contributed by atoms with Gasteiger partial charge in [0.2, 0.25) is 0 Å². The lowest BCUT2D eigenvalue weighted by molar-refractivity contribution is 0.282. The Balaban J connectivity index is 2.32. The smallest absolute Gasteiger partial charge is 0.0702 e. The molecule has 2 nitrogen and oxygen atoms in total. The Morgan fingerprint density at radius 1 is 1.05 bits per heavy atom. The molecular weight excluding hydrogens is 258 g/mol. The second-order valence-electron chi connectivity index (χ2n) is 4.41. The maximum absolute atomic E-state index is 9.47. The lowest BCUT2D eigenvalue weighted by atomic mass is 10.1. The van der Waals surface area contributed by atoms with Crippen molar-refractivity contribution in [2.24, 2.45) is 0 Å². The lowest BCUT2D eigenvalue weighted by Gasteiger charge is -2.26. The molecule has 2 aromatic carbocycles. The Bertz CT molecular complexity index is 528. The Morgan fingerprint density at radius 2 is 1.79 bits per heavy atom. The van der Waals surface area contributed by atoms with E-state index in [9.17, 15) is 5.11 Å². The van der Waals surface area contributed by atoms with Crippen LogP contribution in [0.5, 0.6) is 0 Å². The van der Waals surface area contributed by atoms with Crippen molar-refractivity contribution < 1.29 is 5.11 Å². The summed E-state index contributed by atoms with van der Waals surface area (Å²) in [7, 11) is 0. The number of rotatable bonds is 5. The summed E-state index contributed by atoms with van der Waals surface area (Å²) in [5.74, 6) is 0. The lowest BCUT2D eigenvalue weighted by Crippen LogP contribution is -2.23. The summed E-state index contributed by atoms with van der Waals surface area (Å²) in [6.07, 6.45) is 0. The van der Waals surface area contributed by atoms with Gasteiger partial charge in [-0.3, -0.25) is 0 Å². The van der Waals surface area contributed by atoms with Gasteiger partial charge in [-0.05, 0) is 18.6 Å². The fraction of sp³-hybridized carbons (Fsp3) is 0.250. The largest absolute Gasteiger partial charge is 0.392 e. The molecule has 0 saturated heterocycles. The van der Waals surface area contributed by atoms with Crippen LogP contribution in [0.2, 0.25) is 5.02 Å². The van der Waals surface area contributed by atoms with Crippen LogP contribution in [0.15, 0.2) is 48.5 Å². The Hall–Kier alpha value is -1.51. The number of aliphatic hydroxyl groups excluding tert-OH is 1. The molecular formula is C16H18ClNO. The minimum atomic E-state index is 0.00117. The first-order valence-electron chi connectivity index (χ1n) is 6.43. The first kappa shape index (κ1) is 13.9. The summed E-state index contributed by atoms with van der Waals surface area (Å²) in [5, 5.41) is 10.2. The molecule has 0 radical (unpaired) electrons. The quantitative estimate of drug-likeness (QED) is 0.896. The van der Waals surface area contributed by atoms with E-state index in [1.165, 1.54) is 5.56 Å². The highest BCUT2D eigenvalue weighted by Crippen LogP contribution is 2.31. The molecule has 19 heavy (non-hydrogen) atoms. The third-order valence-electron chi connectivity index (χ3n) is 3.15. The van der Waals surface area contributed by atoms with E-state index in [0.29, 0.717) is 5.02 Å². The number of aliphatic hydroxyl groups is 1. The summed E-state index contributed by atoms with van der Waals surface area (Å²) in [6, 6.07) is 15.9. The Labute approximate surface area is 119 Å². The van der Waals surface area contributed by atoms with Crippen molar-refractivity contribution in [3.05, 3.63) is 64.7 Å². The van der Waals surface area contributed by atoms with Gasteiger partial charge in [-0.25, -0.2) is 0 Å². The number of hydrogen-bond donors (Lipinski definition) is 1. The van der Waals surface area contributed by atoms with Crippen LogP contribution in [0.3, 0.4) is 0 Å². The Kier molecular flexibility index (Phi) is 4.83. The third kappa shape index (κ3) is 3.28. The molecule has 0 bridgehead atoms. The minimum Gasteiger partial charge on any atom is -0.392 e. The van der Waals surface area contributed by atoms with Crippen molar-refractivity contribution in [3.8, 4) is 0 Å². The van der Waals surface area contributed by atoms with E-state index < -0.39 is 0 Å². The molecule has 0 spiro atoms. The van der Waals surface area contributed by atoms with Gasteiger partial charge in [-0.15, -0.1) is 0 Å². The molecule has 1 N–H and O–H groups in total. The van der Waals surface area contributed by atoms with Crippen LogP contribution in [0.1, 0.15) is 18.1 Å². The van der Waals surface area contributed by atoms with Gasteiger partial charge in [0, 0.05) is 18.7 Å². The second-order valence-corrected chi connectivity index (χ2v) is 4.81. The van der Waals surface area contributed by atoms with E-state index in [1.807, 2.05) is 36.4 Å². The monoisotopic (exact) mass is 275 g/mol. The van der Waals surface area contributed by atoms with Crippen molar-refractivity contribution in [1.29, 1.82) is 0 Å². The highest BCUT2D eigenvalue weighted by molar-refractivity contribution is 6.33. The van der Waals surface area contributed by atoms with Crippen molar-refractivity contribution >= 4 is 17.3 Å². The van der Waals surface area contributed by atoms with Crippen LogP contribution >= 0.6 is 11.6 Å². The Morgan fingerprint density at radius 3 is 2.42 bits per heavy atom. The van der Waals surface area contributed by atoms with Crippen LogP contribution in [0, 0.1) is 0 Å². The number of anilines is 1. The van der Waals surface area contributed by atoms with Crippen molar-refractivity contribution in [2.45, 2.75) is 20.1 Å². The van der Waals surface area contributed by atoms with Crippen molar-refractivity contribution in [2.75, 3.05) is 11.4 Å². The molecule has 0 unspecified atom stereocenters. The van der Waals surface area contributed by atoms with E-state index in [0.717, 1.165) is 24.3 Å². The predicted molar refractivity (Wildman–Crippen MR) is 80.5 cm³/mol. The van der Waals surface area contributed by atoms with E-state index in [2.05, 4.69) is 24.0 Å². The highest BCUT2D eigenvalue weighted by atomic mass is 35.5. The zero-order valence-electron chi connectivity index (χ0n) is 11.0. The topological polar surface area (TPSA) is 23.5 Å². The number of halogens is 1. The molecule has 0 aliphatic rings. The zero-order chi connectivity index (χ0) is 13.7. The van der Waals surface area contributed by atoms with Gasteiger partial charge in [0.05, 0.1) is 17.3 Å². The summed E-state index contributed by atoms with van der Waals surface area (Å²) in [6.45, 7) is 3.72.